The second-order valence-corrected chi connectivity index (χ2v) is 19.3. The minimum atomic E-state index is -1.14. The quantitative estimate of drug-likeness (QED) is 0.0568. The first-order valence-corrected chi connectivity index (χ1v) is 23.8. The molecule has 1 saturated carbocycles. The fourth-order valence-corrected chi connectivity index (χ4v) is 12.0. The normalized spacial score (nSPS) is 18.9. The van der Waals surface area contributed by atoms with Gasteiger partial charge in [0.25, 0.3) is 11.5 Å². The molecule has 57 heavy (non-hydrogen) atoms. The number of aryl methyl sites for hydroxylation is 1. The number of amides is 1. The predicted octanol–water partition coefficient (Wildman–Crippen LogP) is 9.84. The van der Waals surface area contributed by atoms with E-state index in [1.165, 1.54) is 101 Å². The van der Waals surface area contributed by atoms with Crippen molar-refractivity contribution in [2.45, 2.75) is 120 Å². The Bertz CT molecular complexity index is 2230. The maximum Gasteiger partial charge on any atom is 0.323 e. The fraction of sp³-hybridized carbons (Fsp3) is 0.435. The number of unbranched alkanes of at least 4 members (excludes halogenated alkanes) is 8. The van der Waals surface area contributed by atoms with E-state index >= 15 is 0 Å². The van der Waals surface area contributed by atoms with Gasteiger partial charge in [0.05, 0.1) is 4.53 Å². The number of nitrogens with zero attached hydrogens (tertiary/aromatic N) is 3. The zero-order valence-corrected chi connectivity index (χ0v) is 36.1. The number of fused-ring (bicyclic) bond motifs is 3. The van der Waals surface area contributed by atoms with Crippen molar-refractivity contribution < 1.29 is 14.7 Å². The van der Waals surface area contributed by atoms with Crippen molar-refractivity contribution in [1.82, 2.24) is 9.47 Å². The van der Waals surface area contributed by atoms with Crippen LogP contribution in [-0.2, 0) is 22.6 Å². The SMILES string of the molecule is CCCCCCCCCCSc1ccc(N2c3ccc(/C=c4\s/c(=C5/SC(=S)N(CCCCc6ccccc6)C5=O)n(CC(=O)O)c4=O)cc3C3CCCC32)cc1. The van der Waals surface area contributed by atoms with Crippen molar-refractivity contribution in [2.24, 2.45) is 0 Å². The summed E-state index contributed by atoms with van der Waals surface area (Å²) in [6.45, 7) is 2.22. The number of anilines is 2. The van der Waals surface area contributed by atoms with Gasteiger partial charge < -0.3 is 10.0 Å². The summed E-state index contributed by atoms with van der Waals surface area (Å²) in [5.74, 6) is 0.166. The van der Waals surface area contributed by atoms with E-state index < -0.39 is 18.1 Å². The average molecular weight is 840 g/mol. The third-order valence-corrected chi connectivity index (χ3v) is 15.2. The summed E-state index contributed by atoms with van der Waals surface area (Å²) in [5, 5.41) is 9.78. The van der Waals surface area contributed by atoms with Crippen molar-refractivity contribution in [3.05, 3.63) is 109 Å². The lowest BCUT2D eigenvalue weighted by Crippen LogP contribution is -2.35. The molecule has 7 nitrogen and oxygen atoms in total. The standard InChI is InChI=1S/C46H53N3O4S4/c1-2-3-4-5-6-7-8-14-28-55-35-24-22-34(23-25-35)49-38-20-15-19-36(38)37-29-33(21-26-39(37)49)30-40-43(52)48(31-41(50)51)45(56-40)42-44(53)47(46(54)57-42)27-13-12-18-32-16-10-9-11-17-32/h9-11,16-17,21-26,29-30,36,38H,2-8,12-15,18-20,27-28,31H2,1H3,(H,50,51)/b40-30-,45-42+. The molecular weight excluding hydrogens is 787 g/mol. The maximum atomic E-state index is 13.8. The van der Waals surface area contributed by atoms with Gasteiger partial charge in [-0.15, -0.1) is 23.1 Å². The van der Waals surface area contributed by atoms with Crippen LogP contribution in [0.2, 0.25) is 0 Å². The van der Waals surface area contributed by atoms with E-state index in [4.69, 9.17) is 12.2 Å². The lowest BCUT2D eigenvalue weighted by Gasteiger charge is -2.27. The number of carboxylic acid groups (broad SMARTS) is 1. The summed E-state index contributed by atoms with van der Waals surface area (Å²) in [4.78, 5) is 45.3. The molecule has 3 heterocycles. The summed E-state index contributed by atoms with van der Waals surface area (Å²) < 4.78 is 2.40. The summed E-state index contributed by atoms with van der Waals surface area (Å²) in [6.07, 6.45) is 18.6. The largest absolute Gasteiger partial charge is 0.480 e. The first-order chi connectivity index (χ1) is 27.8. The zero-order chi connectivity index (χ0) is 39.7. The molecule has 3 aliphatic rings. The molecule has 0 spiro atoms. The average Bonchev–Trinajstić information content (AvgIpc) is 3.96. The Morgan fingerprint density at radius 3 is 2.42 bits per heavy atom. The van der Waals surface area contributed by atoms with E-state index in [1.54, 1.807) is 4.90 Å². The number of carbonyl (C=O) groups is 2. The molecule has 0 bridgehead atoms. The van der Waals surface area contributed by atoms with Gasteiger partial charge in [0.2, 0.25) is 0 Å². The molecule has 0 radical (unpaired) electrons. The maximum absolute atomic E-state index is 13.8. The summed E-state index contributed by atoms with van der Waals surface area (Å²) in [7, 11) is 0. The second-order valence-electron chi connectivity index (χ2n) is 15.4. The van der Waals surface area contributed by atoms with E-state index in [0.717, 1.165) is 55.2 Å². The molecule has 3 aromatic carbocycles. The van der Waals surface area contributed by atoms with Crippen LogP contribution in [0.25, 0.3) is 11.0 Å². The molecule has 1 amide bonds. The molecule has 1 N–H and O–H groups in total. The van der Waals surface area contributed by atoms with Crippen LogP contribution in [0, 0.1) is 0 Å². The highest BCUT2D eigenvalue weighted by molar-refractivity contribution is 8.30. The van der Waals surface area contributed by atoms with Crippen molar-refractivity contribution in [3.63, 3.8) is 0 Å². The molecule has 11 heteroatoms. The van der Waals surface area contributed by atoms with Gasteiger partial charge in [-0.25, -0.2) is 0 Å². The third kappa shape index (κ3) is 9.98. The summed E-state index contributed by atoms with van der Waals surface area (Å²) in [6, 6.07) is 26.2. The van der Waals surface area contributed by atoms with Gasteiger partial charge in [0, 0.05) is 34.8 Å². The van der Waals surface area contributed by atoms with Gasteiger partial charge in [-0.2, -0.15) is 0 Å². The monoisotopic (exact) mass is 839 g/mol. The van der Waals surface area contributed by atoms with Crippen molar-refractivity contribution >= 4 is 85.6 Å². The number of hydrogen-bond donors (Lipinski definition) is 1. The van der Waals surface area contributed by atoms with Gasteiger partial charge in [-0.05, 0) is 103 Å². The molecule has 2 fully saturated rings. The smallest absolute Gasteiger partial charge is 0.323 e. The van der Waals surface area contributed by atoms with E-state index in [-0.39, 0.29) is 5.91 Å². The van der Waals surface area contributed by atoms with E-state index in [1.807, 2.05) is 36.0 Å². The minimum Gasteiger partial charge on any atom is -0.480 e. The Kier molecular flexibility index (Phi) is 14.5. The van der Waals surface area contributed by atoms with Crippen molar-refractivity contribution in [2.75, 3.05) is 17.2 Å². The van der Waals surface area contributed by atoms with Gasteiger partial charge in [0.15, 0.2) is 0 Å². The second kappa shape index (κ2) is 19.9. The molecule has 1 aliphatic carbocycles. The van der Waals surface area contributed by atoms with Crippen LogP contribution in [0.3, 0.4) is 0 Å². The van der Waals surface area contributed by atoms with Crippen LogP contribution in [0.4, 0.5) is 11.4 Å². The number of rotatable bonds is 19. The Balaban J connectivity index is 1.07. The lowest BCUT2D eigenvalue weighted by atomic mass is 9.96. The molecule has 2 unspecified atom stereocenters. The molecule has 300 valence electrons. The predicted molar refractivity (Wildman–Crippen MR) is 242 cm³/mol. The molecule has 7 rings (SSSR count). The number of benzene rings is 3. The van der Waals surface area contributed by atoms with Crippen molar-refractivity contribution in [1.29, 1.82) is 0 Å². The summed E-state index contributed by atoms with van der Waals surface area (Å²) in [5.41, 5.74) is 5.47. The highest BCUT2D eigenvalue weighted by Gasteiger charge is 2.42. The summed E-state index contributed by atoms with van der Waals surface area (Å²) >= 11 is 9.91. The number of thiocarbonyl (C=S) groups is 1. The molecule has 4 aromatic rings. The van der Waals surface area contributed by atoms with Gasteiger partial charge in [0.1, 0.15) is 20.4 Å². The number of aliphatic carboxylic acids is 1. The molecular formula is C46H53N3O4S4. The number of thioether (sulfide) groups is 2. The van der Waals surface area contributed by atoms with Crippen LogP contribution in [0.15, 0.2) is 82.5 Å². The number of carbonyl (C=O) groups excluding carboxylic acids is 1. The molecule has 2 aliphatic heterocycles. The molecule has 1 saturated heterocycles. The number of aromatic nitrogens is 1. The Labute approximate surface area is 354 Å². The number of carboxylic acids is 1. The number of thiazole rings is 1. The fourth-order valence-electron chi connectivity index (χ4n) is 8.51. The minimum absolute atomic E-state index is 0.267. The van der Waals surface area contributed by atoms with Crippen LogP contribution in [-0.4, -0.2) is 49.1 Å². The Hall–Kier alpha value is -3.64. The van der Waals surface area contributed by atoms with Gasteiger partial charge in [-0.3, -0.25) is 23.9 Å². The van der Waals surface area contributed by atoms with Crippen LogP contribution in [0.5, 0.6) is 0 Å². The van der Waals surface area contributed by atoms with E-state index in [0.29, 0.717) is 36.9 Å². The first kappa shape index (κ1) is 41.5. The van der Waals surface area contributed by atoms with E-state index in [2.05, 4.69) is 66.4 Å². The highest BCUT2D eigenvalue weighted by atomic mass is 32.2. The first-order valence-electron chi connectivity index (χ1n) is 20.7. The Morgan fingerprint density at radius 1 is 0.912 bits per heavy atom. The van der Waals surface area contributed by atoms with E-state index in [9.17, 15) is 19.5 Å². The number of hydrogen-bond acceptors (Lipinski definition) is 8. The lowest BCUT2D eigenvalue weighted by molar-refractivity contribution is -0.137. The third-order valence-electron chi connectivity index (χ3n) is 11.4. The van der Waals surface area contributed by atoms with Gasteiger partial charge in [-0.1, -0.05) is 119 Å². The van der Waals surface area contributed by atoms with Crippen molar-refractivity contribution in [3.8, 4) is 0 Å². The topological polar surface area (TPSA) is 82.8 Å². The van der Waals surface area contributed by atoms with Crippen LogP contribution >= 0.6 is 47.1 Å². The highest BCUT2D eigenvalue weighted by Crippen LogP contribution is 2.52. The van der Waals surface area contributed by atoms with Gasteiger partial charge >= 0.3 is 5.97 Å². The zero-order valence-electron chi connectivity index (χ0n) is 32.8. The van der Waals surface area contributed by atoms with Crippen LogP contribution < -0.4 is 19.7 Å². The molecule has 1 aromatic heterocycles. The van der Waals surface area contributed by atoms with Crippen LogP contribution in [0.1, 0.15) is 113 Å². The Morgan fingerprint density at radius 2 is 1.67 bits per heavy atom. The molecule has 2 atom stereocenters.